The quantitative estimate of drug-likeness (QED) is 0.597. The fraction of sp³-hybridized carbons (Fsp3) is 0.727. The van der Waals surface area contributed by atoms with Crippen LogP contribution in [0.1, 0.15) is 40.5 Å². The van der Waals surface area contributed by atoms with Gasteiger partial charge in [-0.2, -0.15) is 0 Å². The zero-order valence-corrected chi connectivity index (χ0v) is 9.25. The monoisotopic (exact) mass is 177 g/mol. The third kappa shape index (κ3) is 2.72. The van der Waals surface area contributed by atoms with Gasteiger partial charge in [-0.1, -0.05) is 0 Å². The molecule has 0 amide bonds. The molecule has 1 nitrogen and oxygen atoms in total. The average Bonchev–Trinajstić information content (AvgIpc) is 2.04. The molecule has 0 aliphatic carbocycles. The summed E-state index contributed by atoms with van der Waals surface area (Å²) in [6.45, 7) is 11.3. The minimum absolute atomic E-state index is 0.609. The Morgan fingerprint density at radius 1 is 1.23 bits per heavy atom. The van der Waals surface area contributed by atoms with Crippen LogP contribution in [0.5, 0.6) is 0 Å². The molecule has 0 aromatic carbocycles. The zero-order chi connectivity index (χ0) is 9.84. The third-order valence-corrected chi connectivity index (χ3v) is 2.44. The van der Waals surface area contributed by atoms with Gasteiger partial charge in [-0.3, -0.25) is 0 Å². The molecule has 72 valence electrons. The van der Waals surface area contributed by atoms with Crippen molar-refractivity contribution in [2.75, 3.05) is 0 Å². The Labute approximate surface area is 82.7 Å². The van der Waals surface area contributed by atoms with Crippen LogP contribution in [-0.4, -0.2) is 29.5 Å². The number of allylic oxidation sites excluding steroid dienone is 1. The average molecular weight is 177 g/mol. The first kappa shape index (κ1) is 10.6. The summed E-state index contributed by atoms with van der Waals surface area (Å²) >= 11 is 0. The van der Waals surface area contributed by atoms with Gasteiger partial charge in [-0.15, -0.1) is 0 Å². The van der Waals surface area contributed by atoms with Crippen LogP contribution in [0.2, 0.25) is 0 Å². The second kappa shape index (κ2) is 4.64. The Kier molecular flexibility index (Phi) is 3.77. The first-order valence-electron chi connectivity index (χ1n) is 5.27. The molecule has 0 saturated heterocycles. The molecule has 0 N–H and O–H groups in total. The molecule has 1 heterocycles. The third-order valence-electron chi connectivity index (χ3n) is 2.44. The van der Waals surface area contributed by atoms with Crippen LogP contribution >= 0.6 is 0 Å². The van der Waals surface area contributed by atoms with Crippen molar-refractivity contribution in [2.24, 2.45) is 0 Å². The molecule has 0 saturated carbocycles. The van der Waals surface area contributed by atoms with Gasteiger partial charge in [-0.05, 0) is 0 Å². The van der Waals surface area contributed by atoms with Crippen LogP contribution in [0.25, 0.3) is 0 Å². The van der Waals surface area contributed by atoms with Crippen LogP contribution < -0.4 is 0 Å². The minimum atomic E-state index is 0.609. The Bertz CT molecular complexity index is 208. The van der Waals surface area contributed by atoms with E-state index in [0.717, 1.165) is 0 Å². The second-order valence-electron chi connectivity index (χ2n) is 4.22. The summed E-state index contributed by atoms with van der Waals surface area (Å²) in [5.74, 6) is 2.18. The number of hydrogen-bond donors (Lipinski definition) is 0. The Morgan fingerprint density at radius 3 is 2.23 bits per heavy atom. The first-order chi connectivity index (χ1) is 6.13. The number of hydrogen-bond acceptors (Lipinski definition) is 1. The van der Waals surface area contributed by atoms with Gasteiger partial charge < -0.3 is 0 Å². The van der Waals surface area contributed by atoms with E-state index in [0.29, 0.717) is 12.1 Å². The van der Waals surface area contributed by atoms with E-state index in [-0.39, 0.29) is 0 Å². The van der Waals surface area contributed by atoms with E-state index in [4.69, 9.17) is 0 Å². The van der Waals surface area contributed by atoms with Gasteiger partial charge in [0, 0.05) is 0 Å². The van der Waals surface area contributed by atoms with Crippen LogP contribution in [-0.2, 0) is 0 Å². The van der Waals surface area contributed by atoms with Gasteiger partial charge in [0.25, 0.3) is 0 Å². The van der Waals surface area contributed by atoms with Crippen LogP contribution in [0.4, 0.5) is 0 Å². The molecule has 0 bridgehead atoms. The summed E-state index contributed by atoms with van der Waals surface area (Å²) in [5, 5.41) is 0. The summed E-state index contributed by atoms with van der Waals surface area (Å²) in [6.07, 6.45) is 4.64. The molecule has 1 aliphatic rings. The van der Waals surface area contributed by atoms with E-state index in [1.165, 1.54) is 18.4 Å². The van der Waals surface area contributed by atoms with Crippen molar-refractivity contribution in [1.29, 1.82) is 0 Å². The van der Waals surface area contributed by atoms with E-state index in [1.807, 2.05) is 0 Å². The van der Waals surface area contributed by atoms with Gasteiger partial charge >= 0.3 is 82.1 Å². The van der Waals surface area contributed by atoms with E-state index >= 15 is 0 Å². The van der Waals surface area contributed by atoms with E-state index in [1.54, 1.807) is 0 Å². The summed E-state index contributed by atoms with van der Waals surface area (Å²) < 4.78 is 0. The molecule has 1 rings (SSSR count). The molecular weight excluding hydrogens is 157 g/mol. The molecule has 13 heavy (non-hydrogen) atoms. The van der Waals surface area contributed by atoms with Crippen molar-refractivity contribution in [3.05, 3.63) is 12.1 Å². The van der Waals surface area contributed by atoms with Gasteiger partial charge in [0.15, 0.2) is 0 Å². The molecule has 0 aromatic heterocycles. The molecule has 0 spiro atoms. The Morgan fingerprint density at radius 2 is 1.85 bits per heavy atom. The molecule has 0 fully saturated rings. The van der Waals surface area contributed by atoms with E-state index < -0.39 is 0 Å². The van der Waals surface area contributed by atoms with Crippen molar-refractivity contribution >= 4 is 12.5 Å². The zero-order valence-electron chi connectivity index (χ0n) is 9.25. The normalized spacial score (nSPS) is 16.0. The maximum atomic E-state index is 2.50. The van der Waals surface area contributed by atoms with Crippen molar-refractivity contribution in [3.8, 4) is 0 Å². The van der Waals surface area contributed by atoms with Crippen LogP contribution in [0, 0.1) is 0 Å². The number of rotatable bonds is 3. The van der Waals surface area contributed by atoms with Gasteiger partial charge in [0.1, 0.15) is 0 Å². The SMILES string of the molecule is CC(C)N(C1=BC=CCC1)C(C)C. The Hall–Kier alpha value is -0.525. The maximum absolute atomic E-state index is 2.50. The first-order valence-corrected chi connectivity index (χ1v) is 5.27. The molecule has 2 heteroatoms. The van der Waals surface area contributed by atoms with E-state index in [9.17, 15) is 0 Å². The van der Waals surface area contributed by atoms with Crippen molar-refractivity contribution in [1.82, 2.24) is 4.90 Å². The molecule has 0 radical (unpaired) electrons. The standard InChI is InChI=1S/C11H20BN/c1-9(2)13(10(3)4)11-7-5-6-8-12-11/h6,8-10H,5,7H2,1-4H3. The fourth-order valence-electron chi connectivity index (χ4n) is 2.06. The van der Waals surface area contributed by atoms with Crippen molar-refractivity contribution in [2.45, 2.75) is 52.6 Å². The molecule has 0 unspecified atom stereocenters. The van der Waals surface area contributed by atoms with Gasteiger partial charge in [0.2, 0.25) is 0 Å². The van der Waals surface area contributed by atoms with Crippen LogP contribution in [0.3, 0.4) is 0 Å². The number of nitrogens with zero attached hydrogens (tertiary/aromatic N) is 1. The summed E-state index contributed by atoms with van der Waals surface area (Å²) in [7, 11) is 0. The van der Waals surface area contributed by atoms with Gasteiger partial charge in [0.05, 0.1) is 0 Å². The predicted octanol–water partition coefficient (Wildman–Crippen LogP) is 2.25. The topological polar surface area (TPSA) is 3.24 Å². The summed E-state index contributed by atoms with van der Waals surface area (Å²) in [6, 6.07) is 1.22. The summed E-state index contributed by atoms with van der Waals surface area (Å²) in [5.41, 5.74) is 1.49. The van der Waals surface area contributed by atoms with E-state index in [2.05, 4.69) is 51.6 Å². The Balaban J connectivity index is 2.74. The fourth-order valence-corrected chi connectivity index (χ4v) is 2.06. The van der Waals surface area contributed by atoms with Crippen molar-refractivity contribution in [3.63, 3.8) is 0 Å². The van der Waals surface area contributed by atoms with Crippen LogP contribution in [0.15, 0.2) is 12.1 Å². The molecule has 0 atom stereocenters. The summed E-state index contributed by atoms with van der Waals surface area (Å²) in [4.78, 5) is 2.50. The molecule has 1 aliphatic heterocycles. The van der Waals surface area contributed by atoms with Crippen molar-refractivity contribution < 1.29 is 0 Å². The predicted molar refractivity (Wildman–Crippen MR) is 61.2 cm³/mol. The van der Waals surface area contributed by atoms with Gasteiger partial charge in [-0.25, -0.2) is 0 Å². The molecular formula is C11H20BN. The molecule has 0 aromatic rings. The second-order valence-corrected chi connectivity index (χ2v) is 4.22.